The zero-order valence-corrected chi connectivity index (χ0v) is 15.1. The Labute approximate surface area is 139 Å². The Morgan fingerprint density at radius 1 is 1.41 bits per heavy atom. The van der Waals surface area contributed by atoms with Crippen LogP contribution in [-0.2, 0) is 14.8 Å². The van der Waals surface area contributed by atoms with E-state index in [0.717, 1.165) is 0 Å². The molecule has 0 radical (unpaired) electrons. The van der Waals surface area contributed by atoms with Crippen molar-refractivity contribution >= 4 is 26.0 Å². The molecule has 1 heterocycles. The smallest absolute Gasteiger partial charge is 0.247 e. The molecule has 0 amide bonds. The number of rotatable bonds is 5. The van der Waals surface area contributed by atoms with Gasteiger partial charge in [0.15, 0.2) is 0 Å². The summed E-state index contributed by atoms with van der Waals surface area (Å²) in [4.78, 5) is 0.152. The molecule has 1 fully saturated rings. The highest BCUT2D eigenvalue weighted by Gasteiger charge is 2.37. The van der Waals surface area contributed by atoms with Crippen molar-refractivity contribution < 1.29 is 17.9 Å². The van der Waals surface area contributed by atoms with E-state index in [1.165, 1.54) is 11.4 Å². The minimum absolute atomic E-state index is 0.0457. The number of hydrogen-bond donors (Lipinski definition) is 1. The van der Waals surface area contributed by atoms with E-state index in [9.17, 15) is 8.42 Å². The molecule has 1 aliphatic heterocycles. The van der Waals surface area contributed by atoms with Crippen molar-refractivity contribution in [2.24, 2.45) is 5.73 Å². The van der Waals surface area contributed by atoms with E-state index in [1.54, 1.807) is 25.3 Å². The first kappa shape index (κ1) is 17.7. The maximum atomic E-state index is 13.0. The van der Waals surface area contributed by atoms with Crippen molar-refractivity contribution in [3.8, 4) is 5.75 Å². The molecular weight excluding hydrogens is 372 g/mol. The molecule has 2 atom stereocenters. The standard InChI is InChI=1S/C14H21BrN2O4S/c1-20-12-5-6-17(11(8-12)9-16)22(18,19)14-7-10(15)3-4-13(14)21-2/h3-4,7,11-12H,5-6,8-9,16H2,1-2H3. The lowest BCUT2D eigenvalue weighted by atomic mass is 10.0. The van der Waals surface area contributed by atoms with Crippen LogP contribution >= 0.6 is 15.9 Å². The second kappa shape index (κ2) is 7.27. The predicted molar refractivity (Wildman–Crippen MR) is 87.5 cm³/mol. The number of benzene rings is 1. The van der Waals surface area contributed by atoms with Crippen LogP contribution in [0.1, 0.15) is 12.8 Å². The van der Waals surface area contributed by atoms with Crippen molar-refractivity contribution in [2.45, 2.75) is 29.9 Å². The van der Waals surface area contributed by atoms with E-state index in [4.69, 9.17) is 15.2 Å². The van der Waals surface area contributed by atoms with Crippen LogP contribution < -0.4 is 10.5 Å². The number of piperidine rings is 1. The summed E-state index contributed by atoms with van der Waals surface area (Å²) in [5.41, 5.74) is 5.78. The minimum Gasteiger partial charge on any atom is -0.495 e. The van der Waals surface area contributed by atoms with Crippen LogP contribution in [0.2, 0.25) is 0 Å². The maximum absolute atomic E-state index is 13.0. The minimum atomic E-state index is -3.68. The third-order valence-electron chi connectivity index (χ3n) is 3.93. The molecule has 1 aromatic rings. The van der Waals surface area contributed by atoms with Crippen molar-refractivity contribution in [3.05, 3.63) is 22.7 Å². The van der Waals surface area contributed by atoms with Gasteiger partial charge < -0.3 is 15.2 Å². The fraction of sp³-hybridized carbons (Fsp3) is 0.571. The van der Waals surface area contributed by atoms with E-state index in [0.29, 0.717) is 29.6 Å². The van der Waals surface area contributed by atoms with Gasteiger partial charge in [0, 0.05) is 30.7 Å². The Morgan fingerprint density at radius 2 is 2.14 bits per heavy atom. The van der Waals surface area contributed by atoms with E-state index < -0.39 is 10.0 Å². The average molecular weight is 393 g/mol. The first-order chi connectivity index (χ1) is 10.4. The summed E-state index contributed by atoms with van der Waals surface area (Å²) in [7, 11) is -0.581. The van der Waals surface area contributed by atoms with Crippen LogP contribution in [0.5, 0.6) is 5.75 Å². The molecule has 0 aromatic heterocycles. The highest BCUT2D eigenvalue weighted by atomic mass is 79.9. The van der Waals surface area contributed by atoms with E-state index >= 15 is 0 Å². The number of sulfonamides is 1. The van der Waals surface area contributed by atoms with Gasteiger partial charge in [-0.1, -0.05) is 15.9 Å². The van der Waals surface area contributed by atoms with Crippen molar-refractivity contribution in [1.29, 1.82) is 0 Å². The lowest BCUT2D eigenvalue weighted by Gasteiger charge is -2.37. The first-order valence-electron chi connectivity index (χ1n) is 7.02. The fourth-order valence-corrected chi connectivity index (χ4v) is 5.07. The van der Waals surface area contributed by atoms with E-state index in [2.05, 4.69) is 15.9 Å². The van der Waals surface area contributed by atoms with Crippen LogP contribution in [0, 0.1) is 0 Å². The molecule has 1 aromatic carbocycles. The molecule has 0 bridgehead atoms. The van der Waals surface area contributed by atoms with Gasteiger partial charge in [0.25, 0.3) is 0 Å². The van der Waals surface area contributed by atoms with Gasteiger partial charge in [0.05, 0.1) is 13.2 Å². The van der Waals surface area contributed by atoms with Gasteiger partial charge in [0.2, 0.25) is 10.0 Å². The third-order valence-corrected chi connectivity index (χ3v) is 6.40. The SMILES string of the molecule is COc1ccc(Br)cc1S(=O)(=O)N1CCC(OC)CC1CN. The van der Waals surface area contributed by atoms with Crippen LogP contribution in [0.3, 0.4) is 0 Å². The lowest BCUT2D eigenvalue weighted by molar-refractivity contribution is 0.0401. The topological polar surface area (TPSA) is 81.9 Å². The largest absolute Gasteiger partial charge is 0.495 e. The van der Waals surface area contributed by atoms with E-state index in [1.807, 2.05) is 0 Å². The second-order valence-electron chi connectivity index (χ2n) is 5.18. The summed E-state index contributed by atoms with van der Waals surface area (Å²) in [5, 5.41) is 0. The summed E-state index contributed by atoms with van der Waals surface area (Å²) in [5.74, 6) is 0.327. The molecule has 1 saturated heterocycles. The van der Waals surface area contributed by atoms with E-state index in [-0.39, 0.29) is 23.6 Å². The van der Waals surface area contributed by atoms with Crippen LogP contribution in [0.15, 0.2) is 27.6 Å². The molecule has 8 heteroatoms. The molecule has 2 N–H and O–H groups in total. The normalized spacial score (nSPS) is 23.5. The predicted octanol–water partition coefficient (Wildman–Crippen LogP) is 1.58. The average Bonchev–Trinajstić information content (AvgIpc) is 2.54. The van der Waals surface area contributed by atoms with Crippen LogP contribution in [-0.4, -0.2) is 52.2 Å². The number of ether oxygens (including phenoxy) is 2. The zero-order chi connectivity index (χ0) is 16.3. The zero-order valence-electron chi connectivity index (χ0n) is 12.7. The number of methoxy groups -OCH3 is 2. The summed E-state index contributed by atoms with van der Waals surface area (Å²) >= 11 is 3.31. The highest BCUT2D eigenvalue weighted by Crippen LogP contribution is 2.33. The van der Waals surface area contributed by atoms with Gasteiger partial charge in [-0.25, -0.2) is 8.42 Å². The maximum Gasteiger partial charge on any atom is 0.247 e. The summed E-state index contributed by atoms with van der Waals surface area (Å²) in [6.07, 6.45) is 1.30. The number of halogens is 1. The van der Waals surface area contributed by atoms with Gasteiger partial charge in [0.1, 0.15) is 10.6 Å². The highest BCUT2D eigenvalue weighted by molar-refractivity contribution is 9.10. The van der Waals surface area contributed by atoms with Crippen LogP contribution in [0.4, 0.5) is 0 Å². The Hall–Kier alpha value is -0.670. The van der Waals surface area contributed by atoms with Gasteiger partial charge in [-0.05, 0) is 31.0 Å². The van der Waals surface area contributed by atoms with Crippen molar-refractivity contribution in [1.82, 2.24) is 4.31 Å². The number of hydrogen-bond acceptors (Lipinski definition) is 5. The number of nitrogens with two attached hydrogens (primary N) is 1. The lowest BCUT2D eigenvalue weighted by Crippen LogP contribution is -2.51. The quantitative estimate of drug-likeness (QED) is 0.822. The second-order valence-corrected chi connectivity index (χ2v) is 7.96. The Kier molecular flexibility index (Phi) is 5.84. The van der Waals surface area contributed by atoms with Crippen molar-refractivity contribution in [3.63, 3.8) is 0 Å². The molecular formula is C14H21BrN2O4S. The van der Waals surface area contributed by atoms with Crippen molar-refractivity contribution in [2.75, 3.05) is 27.3 Å². The van der Waals surface area contributed by atoms with Gasteiger partial charge in [-0.2, -0.15) is 4.31 Å². The molecule has 0 aliphatic carbocycles. The monoisotopic (exact) mass is 392 g/mol. The van der Waals surface area contributed by atoms with Gasteiger partial charge in [-0.3, -0.25) is 0 Å². The Balaban J connectivity index is 2.39. The summed E-state index contributed by atoms with van der Waals surface area (Å²) in [6, 6.07) is 4.67. The fourth-order valence-electron chi connectivity index (χ4n) is 2.72. The molecule has 2 rings (SSSR count). The molecule has 0 spiro atoms. The van der Waals surface area contributed by atoms with Crippen LogP contribution in [0.25, 0.3) is 0 Å². The molecule has 124 valence electrons. The molecule has 2 unspecified atom stereocenters. The molecule has 22 heavy (non-hydrogen) atoms. The van der Waals surface area contributed by atoms with Gasteiger partial charge in [-0.15, -0.1) is 0 Å². The third kappa shape index (κ3) is 3.46. The first-order valence-corrected chi connectivity index (χ1v) is 9.25. The summed E-state index contributed by atoms with van der Waals surface area (Å²) < 4.78 is 38.7. The Bertz CT molecular complexity index is 623. The molecule has 1 aliphatic rings. The molecule has 0 saturated carbocycles. The number of nitrogens with zero attached hydrogens (tertiary/aromatic N) is 1. The van der Waals surface area contributed by atoms with Gasteiger partial charge >= 0.3 is 0 Å². The Morgan fingerprint density at radius 3 is 2.73 bits per heavy atom. The summed E-state index contributed by atoms with van der Waals surface area (Å²) in [6.45, 7) is 0.647. The molecule has 6 nitrogen and oxygen atoms in total.